The third kappa shape index (κ3) is 9.86. The van der Waals surface area contributed by atoms with Gasteiger partial charge in [-0.05, 0) is 51.0 Å². The van der Waals surface area contributed by atoms with E-state index >= 15 is 0 Å². The number of aromatic nitrogens is 1. The van der Waals surface area contributed by atoms with E-state index in [1.54, 1.807) is 20.4 Å². The Hall–Kier alpha value is -2.56. The molecule has 0 spiro atoms. The fourth-order valence-corrected chi connectivity index (χ4v) is 2.64. The number of amides is 1. The van der Waals surface area contributed by atoms with Crippen molar-refractivity contribution in [2.45, 2.75) is 39.3 Å². The van der Waals surface area contributed by atoms with Gasteiger partial charge in [-0.3, -0.25) is 10.3 Å². The quantitative estimate of drug-likeness (QED) is 0.279. The van der Waals surface area contributed by atoms with Gasteiger partial charge in [0.2, 0.25) is 5.88 Å². The summed E-state index contributed by atoms with van der Waals surface area (Å²) in [5.41, 5.74) is 2.27. The van der Waals surface area contributed by atoms with Crippen molar-refractivity contribution < 1.29 is 14.3 Å². The summed E-state index contributed by atoms with van der Waals surface area (Å²) < 4.78 is 10.5. The molecule has 31 heavy (non-hydrogen) atoms. The molecule has 0 aliphatic carbocycles. The van der Waals surface area contributed by atoms with E-state index in [1.807, 2.05) is 57.2 Å². The molecule has 1 aromatic carbocycles. The number of nitrogens with zero attached hydrogens (tertiary/aromatic N) is 2. The molecular weight excluding hydrogens is 509 g/mol. The molecule has 0 radical (unpaired) electrons. The maximum Gasteiger partial charge on any atom is 0.412 e. The van der Waals surface area contributed by atoms with Gasteiger partial charge >= 0.3 is 6.09 Å². The van der Waals surface area contributed by atoms with E-state index in [-0.39, 0.29) is 24.0 Å². The van der Waals surface area contributed by atoms with Gasteiger partial charge in [-0.1, -0.05) is 18.2 Å². The normalized spacial score (nSPS) is 11.2. The van der Waals surface area contributed by atoms with Crippen molar-refractivity contribution in [1.82, 2.24) is 15.6 Å². The summed E-state index contributed by atoms with van der Waals surface area (Å²) >= 11 is 0. The second-order valence-corrected chi connectivity index (χ2v) is 7.60. The molecule has 1 amide bonds. The predicted octanol–water partition coefficient (Wildman–Crippen LogP) is 3.96. The number of rotatable bonds is 7. The maximum atomic E-state index is 11.8. The van der Waals surface area contributed by atoms with E-state index in [0.717, 1.165) is 17.5 Å². The second kappa shape index (κ2) is 13.0. The molecule has 2 rings (SSSR count). The number of guanidine groups is 1. The highest BCUT2D eigenvalue weighted by molar-refractivity contribution is 14.0. The lowest BCUT2D eigenvalue weighted by molar-refractivity contribution is 0.0636. The van der Waals surface area contributed by atoms with Gasteiger partial charge in [0.1, 0.15) is 5.60 Å². The first kappa shape index (κ1) is 26.5. The molecule has 0 aliphatic heterocycles. The third-order valence-corrected chi connectivity index (χ3v) is 4.02. The summed E-state index contributed by atoms with van der Waals surface area (Å²) in [5.74, 6) is 1.30. The first-order valence-electron chi connectivity index (χ1n) is 9.82. The van der Waals surface area contributed by atoms with Crippen LogP contribution in [0.3, 0.4) is 0 Å². The number of benzene rings is 1. The monoisotopic (exact) mass is 541 g/mol. The van der Waals surface area contributed by atoms with Crippen molar-refractivity contribution in [3.63, 3.8) is 0 Å². The standard InChI is InChI=1S/C22H31N5O3.HI/c1-22(2,3)30-21(28)27-18-10-8-16(9-11-18)12-14-25-20(23-4)26-15-17-7-6-13-24-19(17)29-5;/h6-11,13H,12,14-15H2,1-5H3,(H,27,28)(H2,23,25,26);1H. The highest BCUT2D eigenvalue weighted by Crippen LogP contribution is 2.14. The number of pyridine rings is 1. The zero-order valence-electron chi connectivity index (χ0n) is 18.7. The molecule has 0 saturated carbocycles. The number of carbonyl (C=O) groups is 1. The first-order chi connectivity index (χ1) is 14.3. The van der Waals surface area contributed by atoms with E-state index in [4.69, 9.17) is 9.47 Å². The molecule has 1 heterocycles. The van der Waals surface area contributed by atoms with E-state index in [0.29, 0.717) is 30.6 Å². The molecule has 9 heteroatoms. The zero-order chi connectivity index (χ0) is 22.0. The predicted molar refractivity (Wildman–Crippen MR) is 134 cm³/mol. The van der Waals surface area contributed by atoms with Crippen molar-refractivity contribution in [1.29, 1.82) is 0 Å². The van der Waals surface area contributed by atoms with Gasteiger partial charge in [0.15, 0.2) is 5.96 Å². The van der Waals surface area contributed by atoms with Crippen LogP contribution in [-0.4, -0.2) is 43.3 Å². The Balaban J connectivity index is 0.00000480. The Bertz CT molecular complexity index is 851. The molecule has 0 saturated heterocycles. The number of methoxy groups -OCH3 is 1. The number of anilines is 1. The number of nitrogens with one attached hydrogen (secondary N) is 3. The molecule has 0 aliphatic rings. The van der Waals surface area contributed by atoms with Gasteiger partial charge < -0.3 is 20.1 Å². The van der Waals surface area contributed by atoms with Crippen LogP contribution in [0.4, 0.5) is 10.5 Å². The molecular formula is C22H32IN5O3. The summed E-state index contributed by atoms with van der Waals surface area (Å²) in [6.45, 7) is 6.76. The van der Waals surface area contributed by atoms with E-state index < -0.39 is 11.7 Å². The van der Waals surface area contributed by atoms with Crippen LogP contribution in [0.5, 0.6) is 5.88 Å². The van der Waals surface area contributed by atoms with Crippen molar-refractivity contribution in [3.8, 4) is 5.88 Å². The Morgan fingerprint density at radius 2 is 1.84 bits per heavy atom. The third-order valence-electron chi connectivity index (χ3n) is 4.02. The topological polar surface area (TPSA) is 96.9 Å². The van der Waals surface area contributed by atoms with Crippen molar-refractivity contribution in [3.05, 3.63) is 53.7 Å². The molecule has 0 atom stereocenters. The Kier molecular flexibility index (Phi) is 11.1. The fourth-order valence-electron chi connectivity index (χ4n) is 2.64. The molecule has 0 fully saturated rings. The van der Waals surface area contributed by atoms with Crippen LogP contribution >= 0.6 is 24.0 Å². The number of hydrogen-bond donors (Lipinski definition) is 3. The summed E-state index contributed by atoms with van der Waals surface area (Å²) in [6.07, 6.45) is 2.05. The number of ether oxygens (including phenoxy) is 2. The molecule has 8 nitrogen and oxygen atoms in total. The fraction of sp³-hybridized carbons (Fsp3) is 0.409. The lowest BCUT2D eigenvalue weighted by Gasteiger charge is -2.19. The van der Waals surface area contributed by atoms with Crippen LogP contribution in [0, 0.1) is 0 Å². The van der Waals surface area contributed by atoms with Crippen molar-refractivity contribution >= 4 is 41.7 Å². The highest BCUT2D eigenvalue weighted by Gasteiger charge is 2.16. The Morgan fingerprint density at radius 3 is 2.45 bits per heavy atom. The van der Waals surface area contributed by atoms with Crippen LogP contribution in [0.1, 0.15) is 31.9 Å². The van der Waals surface area contributed by atoms with Gasteiger partial charge in [0, 0.05) is 37.6 Å². The molecule has 170 valence electrons. The molecule has 2 aromatic rings. The minimum Gasteiger partial charge on any atom is -0.481 e. The van der Waals surface area contributed by atoms with Gasteiger partial charge in [-0.25, -0.2) is 9.78 Å². The minimum atomic E-state index is -0.523. The zero-order valence-corrected chi connectivity index (χ0v) is 21.0. The van der Waals surface area contributed by atoms with Crippen molar-refractivity contribution in [2.75, 3.05) is 26.0 Å². The summed E-state index contributed by atoms with van der Waals surface area (Å²) in [7, 11) is 3.33. The van der Waals surface area contributed by atoms with Crippen LogP contribution in [0.25, 0.3) is 0 Å². The van der Waals surface area contributed by atoms with Crippen LogP contribution < -0.4 is 20.7 Å². The van der Waals surface area contributed by atoms with Gasteiger partial charge in [0.05, 0.1) is 7.11 Å². The van der Waals surface area contributed by atoms with Crippen LogP contribution in [0.15, 0.2) is 47.6 Å². The molecule has 0 unspecified atom stereocenters. The molecule has 0 bridgehead atoms. The van der Waals surface area contributed by atoms with E-state index in [2.05, 4.69) is 25.9 Å². The lowest BCUT2D eigenvalue weighted by Crippen LogP contribution is -2.37. The summed E-state index contributed by atoms with van der Waals surface area (Å²) in [6, 6.07) is 11.5. The maximum absolute atomic E-state index is 11.8. The van der Waals surface area contributed by atoms with Crippen LogP contribution in [-0.2, 0) is 17.7 Å². The number of halogens is 1. The Labute approximate surface area is 201 Å². The molecule has 3 N–H and O–H groups in total. The Morgan fingerprint density at radius 1 is 1.13 bits per heavy atom. The first-order valence-corrected chi connectivity index (χ1v) is 9.82. The van der Waals surface area contributed by atoms with Gasteiger partial charge in [-0.2, -0.15) is 0 Å². The van der Waals surface area contributed by atoms with Gasteiger partial charge in [-0.15, -0.1) is 24.0 Å². The minimum absolute atomic E-state index is 0. The summed E-state index contributed by atoms with van der Waals surface area (Å²) in [5, 5.41) is 9.27. The highest BCUT2D eigenvalue weighted by atomic mass is 127. The second-order valence-electron chi connectivity index (χ2n) is 7.60. The molecule has 1 aromatic heterocycles. The van der Waals surface area contributed by atoms with Crippen molar-refractivity contribution in [2.24, 2.45) is 4.99 Å². The average molecular weight is 541 g/mol. The number of hydrogen-bond acceptors (Lipinski definition) is 5. The average Bonchev–Trinajstić information content (AvgIpc) is 2.70. The van der Waals surface area contributed by atoms with Crippen LogP contribution in [0.2, 0.25) is 0 Å². The lowest BCUT2D eigenvalue weighted by atomic mass is 10.1. The largest absolute Gasteiger partial charge is 0.481 e. The summed E-state index contributed by atoms with van der Waals surface area (Å²) in [4.78, 5) is 20.2. The number of aliphatic imine (C=N–C) groups is 1. The van der Waals surface area contributed by atoms with E-state index in [1.165, 1.54) is 0 Å². The SMILES string of the molecule is CN=C(NCCc1ccc(NC(=O)OC(C)(C)C)cc1)NCc1cccnc1OC.I. The van der Waals surface area contributed by atoms with Gasteiger partial charge in [0.25, 0.3) is 0 Å². The van der Waals surface area contributed by atoms with E-state index in [9.17, 15) is 4.79 Å². The smallest absolute Gasteiger partial charge is 0.412 e. The number of carbonyl (C=O) groups excluding carboxylic acids is 1.